The van der Waals surface area contributed by atoms with Crippen molar-refractivity contribution in [3.05, 3.63) is 53.9 Å². The summed E-state index contributed by atoms with van der Waals surface area (Å²) in [5, 5.41) is 18.5. The van der Waals surface area contributed by atoms with E-state index in [4.69, 9.17) is 4.74 Å². The molecule has 0 spiro atoms. The zero-order chi connectivity index (χ0) is 14.5. The van der Waals surface area contributed by atoms with Gasteiger partial charge in [-0.25, -0.2) is 0 Å². The highest BCUT2D eigenvalue weighted by atomic mass is 16.5. The van der Waals surface area contributed by atoms with Crippen LogP contribution in [0, 0.1) is 0 Å². The SMILES string of the molecule is CC(C)c1ccc(OCc2ncccc2B(O)O)cc1. The first-order valence-corrected chi connectivity index (χ1v) is 6.60. The van der Waals surface area contributed by atoms with Gasteiger partial charge in [-0.3, -0.25) is 4.98 Å². The predicted octanol–water partition coefficient (Wildman–Crippen LogP) is 1.46. The molecule has 0 fully saturated rings. The van der Waals surface area contributed by atoms with E-state index >= 15 is 0 Å². The van der Waals surface area contributed by atoms with Crippen molar-refractivity contribution in [2.24, 2.45) is 0 Å². The van der Waals surface area contributed by atoms with Crippen molar-refractivity contribution in [1.29, 1.82) is 0 Å². The lowest BCUT2D eigenvalue weighted by atomic mass is 9.79. The summed E-state index contributed by atoms with van der Waals surface area (Å²) >= 11 is 0. The number of rotatable bonds is 5. The third-order valence-electron chi connectivity index (χ3n) is 3.13. The van der Waals surface area contributed by atoms with Gasteiger partial charge < -0.3 is 14.8 Å². The molecule has 2 N–H and O–H groups in total. The predicted molar refractivity (Wildman–Crippen MR) is 78.9 cm³/mol. The summed E-state index contributed by atoms with van der Waals surface area (Å²) in [6.07, 6.45) is 1.60. The second-order valence-corrected chi connectivity index (χ2v) is 4.93. The first-order valence-electron chi connectivity index (χ1n) is 6.60. The molecule has 0 saturated carbocycles. The summed E-state index contributed by atoms with van der Waals surface area (Å²) in [5.41, 5.74) is 2.14. The van der Waals surface area contributed by atoms with Crippen molar-refractivity contribution in [2.75, 3.05) is 0 Å². The molecule has 1 heterocycles. The molecule has 0 aliphatic rings. The first kappa shape index (κ1) is 14.6. The van der Waals surface area contributed by atoms with Crippen LogP contribution in [-0.4, -0.2) is 22.2 Å². The molecule has 0 radical (unpaired) electrons. The van der Waals surface area contributed by atoms with Gasteiger partial charge in [0, 0.05) is 11.7 Å². The van der Waals surface area contributed by atoms with Crippen LogP contribution in [0.3, 0.4) is 0 Å². The molecule has 0 amide bonds. The van der Waals surface area contributed by atoms with Gasteiger partial charge in [-0.1, -0.05) is 32.0 Å². The molecule has 2 aromatic rings. The van der Waals surface area contributed by atoms with Crippen molar-refractivity contribution in [2.45, 2.75) is 26.4 Å². The molecule has 2 rings (SSSR count). The highest BCUT2D eigenvalue weighted by molar-refractivity contribution is 6.59. The maximum absolute atomic E-state index is 9.26. The van der Waals surface area contributed by atoms with Crippen molar-refractivity contribution in [1.82, 2.24) is 4.98 Å². The fourth-order valence-corrected chi connectivity index (χ4v) is 1.91. The zero-order valence-corrected chi connectivity index (χ0v) is 11.7. The van der Waals surface area contributed by atoms with Crippen LogP contribution >= 0.6 is 0 Å². The number of nitrogens with zero attached hydrogens (tertiary/aromatic N) is 1. The van der Waals surface area contributed by atoms with Crippen LogP contribution < -0.4 is 10.2 Å². The highest BCUT2D eigenvalue weighted by Crippen LogP contribution is 2.19. The minimum Gasteiger partial charge on any atom is -0.487 e. The van der Waals surface area contributed by atoms with Crippen molar-refractivity contribution in [3.63, 3.8) is 0 Å². The summed E-state index contributed by atoms with van der Waals surface area (Å²) in [6, 6.07) is 11.2. The second kappa shape index (κ2) is 6.54. The Kier molecular flexibility index (Phi) is 4.77. The van der Waals surface area contributed by atoms with Crippen LogP contribution in [0.2, 0.25) is 0 Å². The van der Waals surface area contributed by atoms with E-state index in [1.807, 2.05) is 24.3 Å². The molecule has 0 atom stereocenters. The van der Waals surface area contributed by atoms with E-state index in [1.54, 1.807) is 18.3 Å². The maximum Gasteiger partial charge on any atom is 0.490 e. The Morgan fingerprint density at radius 1 is 1.15 bits per heavy atom. The average Bonchev–Trinajstić information content (AvgIpc) is 2.45. The molecular formula is C15H18BNO3. The molecule has 0 aliphatic heterocycles. The van der Waals surface area contributed by atoms with Crippen LogP contribution in [0.5, 0.6) is 5.75 Å². The molecule has 4 nitrogen and oxygen atoms in total. The Balaban J connectivity index is 2.05. The minimum absolute atomic E-state index is 0.203. The average molecular weight is 271 g/mol. The number of hydrogen-bond acceptors (Lipinski definition) is 4. The smallest absolute Gasteiger partial charge is 0.487 e. The molecule has 0 saturated heterocycles. The Morgan fingerprint density at radius 2 is 1.85 bits per heavy atom. The van der Waals surface area contributed by atoms with Crippen LogP contribution in [0.15, 0.2) is 42.6 Å². The quantitative estimate of drug-likeness (QED) is 0.808. The van der Waals surface area contributed by atoms with Gasteiger partial charge in [0.05, 0.1) is 5.69 Å². The Labute approximate surface area is 119 Å². The Hall–Kier alpha value is -1.85. The number of ether oxygens (including phenoxy) is 1. The minimum atomic E-state index is -1.54. The zero-order valence-electron chi connectivity index (χ0n) is 11.7. The van der Waals surface area contributed by atoms with Gasteiger partial charge in [-0.15, -0.1) is 0 Å². The first-order chi connectivity index (χ1) is 9.58. The van der Waals surface area contributed by atoms with Crippen LogP contribution in [0.4, 0.5) is 0 Å². The molecule has 20 heavy (non-hydrogen) atoms. The number of benzene rings is 1. The van der Waals surface area contributed by atoms with E-state index in [0.717, 1.165) is 5.75 Å². The summed E-state index contributed by atoms with van der Waals surface area (Å²) < 4.78 is 5.63. The topological polar surface area (TPSA) is 62.6 Å². The van der Waals surface area contributed by atoms with Gasteiger partial charge in [0.1, 0.15) is 12.4 Å². The summed E-state index contributed by atoms with van der Waals surface area (Å²) in [6.45, 7) is 4.48. The van der Waals surface area contributed by atoms with Crippen molar-refractivity contribution in [3.8, 4) is 5.75 Å². The molecule has 1 aromatic carbocycles. The number of hydrogen-bond donors (Lipinski definition) is 2. The second-order valence-electron chi connectivity index (χ2n) is 4.93. The van der Waals surface area contributed by atoms with E-state index in [0.29, 0.717) is 17.1 Å². The molecule has 104 valence electrons. The molecular weight excluding hydrogens is 253 g/mol. The van der Waals surface area contributed by atoms with E-state index < -0.39 is 7.12 Å². The molecule has 0 unspecified atom stereocenters. The van der Waals surface area contributed by atoms with Crippen molar-refractivity contribution >= 4 is 12.6 Å². The monoisotopic (exact) mass is 271 g/mol. The van der Waals surface area contributed by atoms with E-state index in [9.17, 15) is 10.0 Å². The van der Waals surface area contributed by atoms with Gasteiger partial charge in [0.15, 0.2) is 0 Å². The maximum atomic E-state index is 9.26. The van der Waals surface area contributed by atoms with Crippen LogP contribution in [0.1, 0.15) is 31.0 Å². The number of aromatic nitrogens is 1. The summed E-state index contributed by atoms with van der Waals surface area (Å²) in [5.74, 6) is 1.22. The highest BCUT2D eigenvalue weighted by Gasteiger charge is 2.16. The fraction of sp³-hybridized carbons (Fsp3) is 0.267. The van der Waals surface area contributed by atoms with Gasteiger partial charge in [0.25, 0.3) is 0 Å². The lowest BCUT2D eigenvalue weighted by Crippen LogP contribution is -2.34. The van der Waals surface area contributed by atoms with Crippen LogP contribution in [0.25, 0.3) is 0 Å². The lowest BCUT2D eigenvalue weighted by Gasteiger charge is -2.11. The fourth-order valence-electron chi connectivity index (χ4n) is 1.91. The van der Waals surface area contributed by atoms with E-state index in [1.165, 1.54) is 5.56 Å². The molecule has 1 aromatic heterocycles. The Bertz CT molecular complexity index is 555. The standard InChI is InChI=1S/C15H18BNO3/c1-11(2)12-5-7-13(8-6-12)20-10-15-14(16(18)19)4-3-9-17-15/h3-9,11,18-19H,10H2,1-2H3. The number of pyridine rings is 1. The third kappa shape index (κ3) is 3.59. The van der Waals surface area contributed by atoms with Gasteiger partial charge in [0.2, 0.25) is 0 Å². The van der Waals surface area contributed by atoms with E-state index in [-0.39, 0.29) is 6.61 Å². The van der Waals surface area contributed by atoms with Gasteiger partial charge in [-0.2, -0.15) is 0 Å². The summed E-state index contributed by atoms with van der Waals surface area (Å²) in [7, 11) is -1.54. The third-order valence-corrected chi connectivity index (χ3v) is 3.13. The van der Waals surface area contributed by atoms with Gasteiger partial charge >= 0.3 is 7.12 Å². The Morgan fingerprint density at radius 3 is 2.45 bits per heavy atom. The molecule has 0 bridgehead atoms. The van der Waals surface area contributed by atoms with Crippen LogP contribution in [-0.2, 0) is 6.61 Å². The van der Waals surface area contributed by atoms with Gasteiger partial charge in [-0.05, 0) is 29.7 Å². The van der Waals surface area contributed by atoms with Crippen molar-refractivity contribution < 1.29 is 14.8 Å². The molecule has 0 aliphatic carbocycles. The summed E-state index contributed by atoms with van der Waals surface area (Å²) in [4.78, 5) is 4.12. The largest absolute Gasteiger partial charge is 0.490 e. The lowest BCUT2D eigenvalue weighted by molar-refractivity contribution is 0.301. The van der Waals surface area contributed by atoms with E-state index in [2.05, 4.69) is 18.8 Å². The molecule has 5 heteroatoms. The normalized spacial score (nSPS) is 10.7.